The van der Waals surface area contributed by atoms with Gasteiger partial charge in [-0.1, -0.05) is 44.2 Å². The summed E-state index contributed by atoms with van der Waals surface area (Å²) in [6.07, 6.45) is 5.78. The van der Waals surface area contributed by atoms with Crippen LogP contribution in [-0.2, 0) is 31.6 Å². The van der Waals surface area contributed by atoms with Crippen LogP contribution in [-0.4, -0.2) is 125 Å². The number of ether oxygens (including phenoxy) is 2. The number of amides is 1. The molecule has 2 saturated heterocycles. The number of methoxy groups -OCH3 is 2. The number of anilines is 1. The first-order chi connectivity index (χ1) is 26.3. The predicted octanol–water partition coefficient (Wildman–Crippen LogP) is 2.73. The lowest BCUT2D eigenvalue weighted by molar-refractivity contribution is -0.201. The molecule has 6 aliphatic rings. The zero-order valence-corrected chi connectivity index (χ0v) is 32.6. The van der Waals surface area contributed by atoms with E-state index in [0.29, 0.717) is 69.5 Å². The van der Waals surface area contributed by atoms with Crippen molar-refractivity contribution >= 4 is 28.5 Å². The van der Waals surface area contributed by atoms with Crippen LogP contribution in [0.4, 0.5) is 5.69 Å². The number of nitrogens with one attached hydrogen (secondary N) is 1. The number of carbonyl (C=O) groups excluding carboxylic acids is 2. The number of aromatic amines is 1. The number of rotatable bonds is 6. The van der Waals surface area contributed by atoms with Gasteiger partial charge in [0.2, 0.25) is 0 Å². The number of benzene rings is 2. The summed E-state index contributed by atoms with van der Waals surface area (Å²) in [5, 5.41) is 38.0. The Kier molecular flexibility index (Phi) is 8.19. The number of aliphatic hydroxyl groups is 3. The maximum absolute atomic E-state index is 15.2. The van der Waals surface area contributed by atoms with Crippen molar-refractivity contribution in [2.24, 2.45) is 17.1 Å². The molecule has 5 aliphatic heterocycles. The lowest BCUT2D eigenvalue weighted by Crippen LogP contribution is -2.81. The lowest BCUT2D eigenvalue weighted by atomic mass is 9.47. The van der Waals surface area contributed by atoms with E-state index < -0.39 is 51.5 Å². The Morgan fingerprint density at radius 3 is 2.53 bits per heavy atom. The highest BCUT2D eigenvalue weighted by atomic mass is 16.5. The average molecular weight is 754 g/mol. The number of nitrogens with two attached hydrogens (primary N) is 1. The minimum atomic E-state index is -2.30. The number of hydrogen-bond acceptors (Lipinski definition) is 10. The predicted molar refractivity (Wildman–Crippen MR) is 208 cm³/mol. The van der Waals surface area contributed by atoms with Gasteiger partial charge in [-0.15, -0.1) is 0 Å². The van der Waals surface area contributed by atoms with E-state index in [1.807, 2.05) is 62.2 Å². The summed E-state index contributed by atoms with van der Waals surface area (Å²) in [4.78, 5) is 39.3. The maximum atomic E-state index is 15.2. The van der Waals surface area contributed by atoms with E-state index >= 15 is 4.79 Å². The summed E-state index contributed by atoms with van der Waals surface area (Å²) in [5.41, 5.74) is 4.72. The van der Waals surface area contributed by atoms with Crippen molar-refractivity contribution in [3.05, 3.63) is 70.9 Å². The molecular formula is C43H55N5O7. The number of carbonyl (C=O) groups is 2. The molecule has 10 atom stereocenters. The molecule has 1 saturated carbocycles. The smallest absolute Gasteiger partial charge is 0.322 e. The van der Waals surface area contributed by atoms with Crippen molar-refractivity contribution < 1.29 is 34.4 Å². The van der Waals surface area contributed by atoms with Crippen molar-refractivity contribution in [1.82, 2.24) is 14.8 Å². The number of nitrogens with zero attached hydrogens (tertiary/aromatic N) is 3. The van der Waals surface area contributed by atoms with Crippen molar-refractivity contribution in [3.8, 4) is 5.75 Å². The molecule has 55 heavy (non-hydrogen) atoms. The highest BCUT2D eigenvalue weighted by molar-refractivity contribution is 5.95. The minimum absolute atomic E-state index is 0.0790. The van der Waals surface area contributed by atoms with E-state index in [1.165, 1.54) is 7.11 Å². The molecule has 1 aromatic heterocycles. The maximum Gasteiger partial charge on any atom is 0.322 e. The Balaban J connectivity index is 1.36. The van der Waals surface area contributed by atoms with Crippen molar-refractivity contribution in [1.29, 1.82) is 0 Å². The van der Waals surface area contributed by atoms with Crippen LogP contribution in [0.1, 0.15) is 68.3 Å². The quantitative estimate of drug-likeness (QED) is 0.187. The van der Waals surface area contributed by atoms with Crippen LogP contribution in [0.2, 0.25) is 0 Å². The molecule has 294 valence electrons. The molecule has 6 heterocycles. The third-order valence-corrected chi connectivity index (χ3v) is 15.2. The molecule has 3 unspecified atom stereocenters. The molecule has 3 fully saturated rings. The van der Waals surface area contributed by atoms with Gasteiger partial charge < -0.3 is 40.4 Å². The number of aromatic nitrogens is 1. The lowest BCUT2D eigenvalue weighted by Gasteiger charge is -2.63. The summed E-state index contributed by atoms with van der Waals surface area (Å²) in [5.74, 6) is -1.00. The van der Waals surface area contributed by atoms with E-state index in [9.17, 15) is 20.1 Å². The van der Waals surface area contributed by atoms with Gasteiger partial charge in [0.05, 0.1) is 25.9 Å². The number of likely N-dealkylation sites (N-methyl/N-ethyl adjacent to an activating group) is 1. The summed E-state index contributed by atoms with van der Waals surface area (Å²) in [6, 6.07) is 11.0. The number of piperidine rings is 1. The number of esters is 1. The normalized spacial score (nSPS) is 39.0. The Bertz CT molecular complexity index is 2120. The van der Waals surface area contributed by atoms with Gasteiger partial charge in [0.1, 0.15) is 17.3 Å². The first kappa shape index (κ1) is 36.7. The summed E-state index contributed by atoms with van der Waals surface area (Å²) in [7, 11) is 4.89. The van der Waals surface area contributed by atoms with E-state index in [2.05, 4.69) is 26.9 Å². The molecule has 0 radical (unpaired) electrons. The van der Waals surface area contributed by atoms with Gasteiger partial charge in [0, 0.05) is 84.0 Å². The molecule has 6 N–H and O–H groups in total. The average Bonchev–Trinajstić information content (AvgIpc) is 3.84. The van der Waals surface area contributed by atoms with Gasteiger partial charge in [0.15, 0.2) is 5.60 Å². The third-order valence-electron chi connectivity index (χ3n) is 15.2. The van der Waals surface area contributed by atoms with E-state index in [-0.39, 0.29) is 12.0 Å². The van der Waals surface area contributed by atoms with Crippen LogP contribution < -0.4 is 15.4 Å². The van der Waals surface area contributed by atoms with Crippen LogP contribution in [0.15, 0.2) is 48.6 Å². The molecule has 1 amide bonds. The number of primary amides is 1. The fraction of sp³-hybridized carbons (Fsp3) is 0.581. The monoisotopic (exact) mass is 753 g/mol. The summed E-state index contributed by atoms with van der Waals surface area (Å²) in [6.45, 7) is 7.39. The highest BCUT2D eigenvalue weighted by Crippen LogP contribution is 2.67. The first-order valence-electron chi connectivity index (χ1n) is 20.0. The molecule has 12 nitrogen and oxygen atoms in total. The van der Waals surface area contributed by atoms with E-state index in [4.69, 9.17) is 15.2 Å². The summed E-state index contributed by atoms with van der Waals surface area (Å²) < 4.78 is 12.2. The molecule has 2 aromatic carbocycles. The topological polar surface area (TPSA) is 165 Å². The Hall–Kier alpha value is -3.94. The number of para-hydroxylation sites is 1. The van der Waals surface area contributed by atoms with Crippen molar-refractivity contribution in [2.75, 3.05) is 58.9 Å². The number of aliphatic hydroxyl groups excluding tert-OH is 1. The number of fused-ring (bicyclic) bond motifs is 6. The molecule has 12 heteroatoms. The standard InChI is InChI=1S/C43H55N5O7/c1-6-39(52)21-25-22-42(38(51)55-5,33-27(13-17-47(23-25)24-39)26-11-8-9-12-30(26)45-33)29-19-28-31(20-32(29)54-4)46(3)35-41(28)15-18-48-16-10-14-40(7-2,34(41)48)36(49)43(35,53)37(44)50/h8-12,14,19-20,25,34-36,45,49,52-53H,6-7,13,15-18,21-24H2,1-5H3,(H2,44,50)/t25?,34-,35+,36+,39?,40+,41+,42-,43-/m0/s1. The molecule has 1 aliphatic carbocycles. The second-order valence-electron chi connectivity index (χ2n) is 17.5. The van der Waals surface area contributed by atoms with Crippen molar-refractivity contribution in [3.63, 3.8) is 0 Å². The molecule has 1 spiro atoms. The SMILES string of the molecule is CCC1(O)CC2CN(CCc3c([nH]c4ccccc34)[C@@](C(=O)OC)(c3cc4c(cc3OC)N(C)[C@H]3[C@@](O)(C(N)=O)[C@H](O)[C@]5(CC)C=CCN6CC[C@]43[C@@H]65)C2)C1. The largest absolute Gasteiger partial charge is 0.496 e. The molecule has 3 aromatic rings. The Morgan fingerprint density at radius 1 is 1.04 bits per heavy atom. The Labute approximate surface area is 322 Å². The van der Waals surface area contributed by atoms with Gasteiger partial charge >= 0.3 is 5.97 Å². The fourth-order valence-electron chi connectivity index (χ4n) is 13.1. The van der Waals surface area contributed by atoms with Crippen LogP contribution in [0.5, 0.6) is 5.75 Å². The molecule has 9 rings (SSSR count). The van der Waals surface area contributed by atoms with Crippen LogP contribution in [0, 0.1) is 11.3 Å². The fourth-order valence-corrected chi connectivity index (χ4v) is 13.1. The van der Waals surface area contributed by atoms with Crippen molar-refractivity contribution in [2.45, 2.75) is 92.6 Å². The van der Waals surface area contributed by atoms with Gasteiger partial charge in [0.25, 0.3) is 5.91 Å². The number of hydrogen-bond donors (Lipinski definition) is 5. The zero-order valence-electron chi connectivity index (χ0n) is 32.6. The third kappa shape index (κ3) is 4.51. The molecular weight excluding hydrogens is 699 g/mol. The van der Waals surface area contributed by atoms with E-state index in [0.717, 1.165) is 46.5 Å². The van der Waals surface area contributed by atoms with E-state index in [1.54, 1.807) is 7.11 Å². The second-order valence-corrected chi connectivity index (χ2v) is 17.5. The minimum Gasteiger partial charge on any atom is -0.496 e. The number of H-pyrrole nitrogens is 1. The van der Waals surface area contributed by atoms with Crippen LogP contribution in [0.3, 0.4) is 0 Å². The van der Waals surface area contributed by atoms with Crippen LogP contribution >= 0.6 is 0 Å². The van der Waals surface area contributed by atoms with Gasteiger partial charge in [-0.3, -0.25) is 19.4 Å². The van der Waals surface area contributed by atoms with Gasteiger partial charge in [-0.05, 0) is 74.2 Å². The summed E-state index contributed by atoms with van der Waals surface area (Å²) >= 11 is 0. The highest BCUT2D eigenvalue weighted by Gasteiger charge is 2.78. The molecule has 2 bridgehead atoms. The Morgan fingerprint density at radius 2 is 1.82 bits per heavy atom. The van der Waals surface area contributed by atoms with Crippen LogP contribution in [0.25, 0.3) is 10.9 Å². The second kappa shape index (κ2) is 12.3. The van der Waals surface area contributed by atoms with Gasteiger partial charge in [-0.25, -0.2) is 0 Å². The first-order valence-corrected chi connectivity index (χ1v) is 20.0. The van der Waals surface area contributed by atoms with Gasteiger partial charge in [-0.2, -0.15) is 0 Å². The zero-order chi connectivity index (χ0) is 38.9.